The number of amides is 1. The van der Waals surface area contributed by atoms with E-state index in [1.54, 1.807) is 12.1 Å². The lowest BCUT2D eigenvalue weighted by Crippen LogP contribution is -2.11. The fourth-order valence-electron chi connectivity index (χ4n) is 2.89. The van der Waals surface area contributed by atoms with Crippen LogP contribution in [0.4, 0.5) is 5.69 Å². The van der Waals surface area contributed by atoms with Gasteiger partial charge < -0.3 is 14.5 Å². The van der Waals surface area contributed by atoms with Crippen LogP contribution in [0.1, 0.15) is 38.6 Å². The molecule has 4 nitrogen and oxygen atoms in total. The Morgan fingerprint density at radius 2 is 1.65 bits per heavy atom. The fourth-order valence-corrected chi connectivity index (χ4v) is 2.89. The van der Waals surface area contributed by atoms with Crippen LogP contribution in [0.25, 0.3) is 0 Å². The molecule has 1 heterocycles. The van der Waals surface area contributed by atoms with Gasteiger partial charge in [-0.1, -0.05) is 23.8 Å². The molecule has 0 aliphatic rings. The fraction of sp³-hybridized carbons (Fsp3) is 0.227. The molecule has 0 saturated carbocycles. The molecule has 0 atom stereocenters. The number of anilines is 1. The minimum atomic E-state index is -0.269. The molecule has 1 N–H and O–H groups in total. The van der Waals surface area contributed by atoms with Gasteiger partial charge in [0, 0.05) is 5.69 Å². The van der Waals surface area contributed by atoms with Crippen molar-refractivity contribution < 1.29 is 13.9 Å². The number of ether oxygens (including phenoxy) is 1. The molecule has 1 amide bonds. The third-order valence-corrected chi connectivity index (χ3v) is 4.09. The number of furan rings is 1. The number of carbonyl (C=O) groups excluding carboxylic acids is 1. The quantitative estimate of drug-likeness (QED) is 0.676. The summed E-state index contributed by atoms with van der Waals surface area (Å²) in [6.07, 6.45) is 0. The van der Waals surface area contributed by atoms with Crippen molar-refractivity contribution in [2.75, 3.05) is 5.32 Å². The maximum Gasteiger partial charge on any atom is 0.291 e. The lowest BCUT2D eigenvalue weighted by molar-refractivity contribution is 0.0992. The van der Waals surface area contributed by atoms with Crippen molar-refractivity contribution in [1.29, 1.82) is 0 Å². The third-order valence-electron chi connectivity index (χ3n) is 4.09. The smallest absolute Gasteiger partial charge is 0.291 e. The molecule has 3 aromatic rings. The normalized spacial score (nSPS) is 10.6. The Balaban J connectivity index is 1.64. The number of nitrogens with one attached hydrogen (secondary N) is 1. The number of hydrogen-bond donors (Lipinski definition) is 1. The molecular formula is C22H23NO3. The van der Waals surface area contributed by atoms with Crippen molar-refractivity contribution in [3.05, 3.63) is 82.3 Å². The van der Waals surface area contributed by atoms with E-state index in [1.807, 2.05) is 58.0 Å². The van der Waals surface area contributed by atoms with Gasteiger partial charge in [-0.3, -0.25) is 4.79 Å². The Labute approximate surface area is 153 Å². The van der Waals surface area contributed by atoms with Gasteiger partial charge >= 0.3 is 0 Å². The summed E-state index contributed by atoms with van der Waals surface area (Å²) < 4.78 is 11.4. The highest BCUT2D eigenvalue weighted by Crippen LogP contribution is 2.20. The molecule has 3 rings (SSSR count). The zero-order valence-electron chi connectivity index (χ0n) is 15.6. The highest BCUT2D eigenvalue weighted by molar-refractivity contribution is 6.02. The minimum Gasteiger partial charge on any atom is -0.486 e. The molecule has 0 saturated heterocycles. The maximum absolute atomic E-state index is 12.4. The molecule has 0 spiro atoms. The van der Waals surface area contributed by atoms with Gasteiger partial charge in [-0.2, -0.15) is 0 Å². The molecule has 2 aromatic carbocycles. The predicted octanol–water partition coefficient (Wildman–Crippen LogP) is 5.34. The first-order chi connectivity index (χ1) is 12.4. The molecule has 0 aliphatic heterocycles. The van der Waals surface area contributed by atoms with Crippen LogP contribution in [0, 0.1) is 27.7 Å². The van der Waals surface area contributed by atoms with Crippen molar-refractivity contribution in [3.8, 4) is 5.75 Å². The first kappa shape index (κ1) is 17.8. The first-order valence-corrected chi connectivity index (χ1v) is 8.59. The molecule has 1 aromatic heterocycles. The Kier molecular flexibility index (Phi) is 5.12. The van der Waals surface area contributed by atoms with Gasteiger partial charge in [0.15, 0.2) is 5.76 Å². The van der Waals surface area contributed by atoms with Crippen molar-refractivity contribution in [1.82, 2.24) is 0 Å². The van der Waals surface area contributed by atoms with Crippen LogP contribution < -0.4 is 10.1 Å². The van der Waals surface area contributed by atoms with E-state index >= 15 is 0 Å². The molecule has 0 aliphatic carbocycles. The summed E-state index contributed by atoms with van der Waals surface area (Å²) in [6, 6.07) is 15.4. The van der Waals surface area contributed by atoms with Crippen LogP contribution in [-0.2, 0) is 6.61 Å². The lowest BCUT2D eigenvalue weighted by atomic mass is 10.1. The highest BCUT2D eigenvalue weighted by atomic mass is 16.5. The summed E-state index contributed by atoms with van der Waals surface area (Å²) >= 11 is 0. The van der Waals surface area contributed by atoms with E-state index < -0.39 is 0 Å². The monoisotopic (exact) mass is 349 g/mol. The minimum absolute atomic E-state index is 0.268. The van der Waals surface area contributed by atoms with E-state index in [2.05, 4.69) is 11.4 Å². The van der Waals surface area contributed by atoms with E-state index in [4.69, 9.17) is 9.15 Å². The summed E-state index contributed by atoms with van der Waals surface area (Å²) in [7, 11) is 0. The summed E-state index contributed by atoms with van der Waals surface area (Å²) in [5.74, 6) is 1.40. The van der Waals surface area contributed by atoms with Crippen LogP contribution in [0.3, 0.4) is 0 Å². The van der Waals surface area contributed by atoms with Crippen LogP contribution in [0.2, 0.25) is 0 Å². The molecule has 134 valence electrons. The van der Waals surface area contributed by atoms with E-state index in [1.165, 1.54) is 0 Å². The van der Waals surface area contributed by atoms with E-state index in [-0.39, 0.29) is 18.3 Å². The zero-order valence-corrected chi connectivity index (χ0v) is 15.6. The lowest BCUT2D eigenvalue weighted by Gasteiger charge is -2.08. The number of carbonyl (C=O) groups is 1. The molecule has 0 radical (unpaired) electrons. The third kappa shape index (κ3) is 4.33. The summed E-state index contributed by atoms with van der Waals surface area (Å²) in [4.78, 5) is 12.4. The Hall–Kier alpha value is -3.01. The first-order valence-electron chi connectivity index (χ1n) is 8.59. The van der Waals surface area contributed by atoms with Gasteiger partial charge in [-0.05, 0) is 74.7 Å². The summed E-state index contributed by atoms with van der Waals surface area (Å²) in [6.45, 7) is 8.32. The van der Waals surface area contributed by atoms with Gasteiger partial charge in [-0.25, -0.2) is 0 Å². The van der Waals surface area contributed by atoms with Crippen molar-refractivity contribution in [2.24, 2.45) is 0 Å². The predicted molar refractivity (Wildman–Crippen MR) is 103 cm³/mol. The number of rotatable bonds is 5. The van der Waals surface area contributed by atoms with Gasteiger partial charge in [0.05, 0.1) is 0 Å². The van der Waals surface area contributed by atoms with Crippen molar-refractivity contribution in [2.45, 2.75) is 34.3 Å². The van der Waals surface area contributed by atoms with Gasteiger partial charge in [-0.15, -0.1) is 0 Å². The Morgan fingerprint density at radius 1 is 0.923 bits per heavy atom. The molecule has 0 bridgehead atoms. The van der Waals surface area contributed by atoms with Crippen molar-refractivity contribution >= 4 is 11.6 Å². The van der Waals surface area contributed by atoms with Gasteiger partial charge in [0.2, 0.25) is 0 Å². The molecular weight excluding hydrogens is 326 g/mol. The zero-order chi connectivity index (χ0) is 18.7. The summed E-state index contributed by atoms with van der Waals surface area (Å²) in [5, 5.41) is 2.88. The Bertz CT molecular complexity index is 920. The average Bonchev–Trinajstić information content (AvgIpc) is 3.04. The number of hydrogen-bond acceptors (Lipinski definition) is 3. The second kappa shape index (κ2) is 7.48. The van der Waals surface area contributed by atoms with Gasteiger partial charge in [0.25, 0.3) is 5.91 Å². The maximum atomic E-state index is 12.4. The topological polar surface area (TPSA) is 51.5 Å². The number of benzene rings is 2. The second-order valence-electron chi connectivity index (χ2n) is 6.65. The van der Waals surface area contributed by atoms with Gasteiger partial charge in [0.1, 0.15) is 18.1 Å². The van der Waals surface area contributed by atoms with Crippen LogP contribution in [0.15, 0.2) is 52.9 Å². The van der Waals surface area contributed by atoms with Crippen LogP contribution >= 0.6 is 0 Å². The highest BCUT2D eigenvalue weighted by Gasteiger charge is 2.13. The standard InChI is InChI=1S/C22H23NO3/c1-14-5-7-20(17(4)10-14)23-22(24)21-8-6-18(26-21)13-25-19-11-15(2)9-16(3)12-19/h5-12H,13H2,1-4H3,(H,23,24). The largest absolute Gasteiger partial charge is 0.486 e. The van der Waals surface area contributed by atoms with E-state index in [9.17, 15) is 4.79 Å². The SMILES string of the molecule is Cc1cc(C)cc(OCc2ccc(C(=O)Nc3ccc(C)cc3C)o2)c1. The molecule has 26 heavy (non-hydrogen) atoms. The molecule has 4 heteroatoms. The van der Waals surface area contributed by atoms with Crippen LogP contribution in [0.5, 0.6) is 5.75 Å². The number of aryl methyl sites for hydroxylation is 4. The van der Waals surface area contributed by atoms with E-state index in [0.717, 1.165) is 33.7 Å². The van der Waals surface area contributed by atoms with E-state index in [0.29, 0.717) is 5.76 Å². The molecule has 0 fully saturated rings. The van der Waals surface area contributed by atoms with Crippen molar-refractivity contribution in [3.63, 3.8) is 0 Å². The average molecular weight is 349 g/mol. The summed E-state index contributed by atoms with van der Waals surface area (Å²) in [5.41, 5.74) is 5.25. The van der Waals surface area contributed by atoms with Crippen LogP contribution in [-0.4, -0.2) is 5.91 Å². The molecule has 0 unspecified atom stereocenters. The Morgan fingerprint density at radius 3 is 2.35 bits per heavy atom. The second-order valence-corrected chi connectivity index (χ2v) is 6.65.